The Balaban J connectivity index is 2.13. The summed E-state index contributed by atoms with van der Waals surface area (Å²) in [4.78, 5) is 13.6. The van der Waals surface area contributed by atoms with Crippen molar-refractivity contribution in [3.05, 3.63) is 24.2 Å². The van der Waals surface area contributed by atoms with Crippen molar-refractivity contribution < 1.29 is 9.21 Å². The Morgan fingerprint density at radius 1 is 1.41 bits per heavy atom. The highest BCUT2D eigenvalue weighted by atomic mass is 16.3. The molecule has 0 atom stereocenters. The van der Waals surface area contributed by atoms with Crippen LogP contribution >= 0.6 is 0 Å². The summed E-state index contributed by atoms with van der Waals surface area (Å²) in [5.74, 6) is 1.05. The Morgan fingerprint density at radius 2 is 2.24 bits per heavy atom. The van der Waals surface area contributed by atoms with Gasteiger partial charge in [-0.2, -0.15) is 0 Å². The number of hydrogen-bond donors (Lipinski definition) is 1. The summed E-state index contributed by atoms with van der Waals surface area (Å²) in [7, 11) is 1.85. The van der Waals surface area contributed by atoms with Crippen LogP contribution in [-0.4, -0.2) is 30.9 Å². The molecule has 17 heavy (non-hydrogen) atoms. The summed E-state index contributed by atoms with van der Waals surface area (Å²) in [6.45, 7) is 1.55. The topological polar surface area (TPSA) is 59.5 Å². The second-order valence-corrected chi connectivity index (χ2v) is 4.24. The maximum absolute atomic E-state index is 11.8. The van der Waals surface area contributed by atoms with E-state index in [4.69, 9.17) is 10.2 Å². The van der Waals surface area contributed by atoms with Crippen molar-refractivity contribution in [2.24, 2.45) is 5.73 Å². The van der Waals surface area contributed by atoms with Crippen LogP contribution < -0.4 is 5.73 Å². The lowest BCUT2D eigenvalue weighted by Gasteiger charge is -2.16. The molecule has 1 amide bonds. The molecule has 96 valence electrons. The molecule has 0 aliphatic heterocycles. The summed E-state index contributed by atoms with van der Waals surface area (Å²) >= 11 is 0. The maximum atomic E-state index is 11.8. The third-order valence-electron chi connectivity index (χ3n) is 2.79. The van der Waals surface area contributed by atoms with Crippen LogP contribution in [0.2, 0.25) is 0 Å². The number of carbonyl (C=O) groups excluding carboxylic acids is 1. The zero-order valence-electron chi connectivity index (χ0n) is 10.5. The molecule has 0 spiro atoms. The lowest BCUT2D eigenvalue weighted by Crippen LogP contribution is -2.27. The molecule has 0 saturated carbocycles. The standard InChI is InChI=1S/C13H22N2O2/c1-15(10-4-2-3-9-14)13(16)8-7-12-6-5-11-17-12/h5-6,11H,2-4,7-10,14H2,1H3. The van der Waals surface area contributed by atoms with Crippen LogP contribution in [-0.2, 0) is 11.2 Å². The van der Waals surface area contributed by atoms with Gasteiger partial charge >= 0.3 is 0 Å². The van der Waals surface area contributed by atoms with E-state index in [0.29, 0.717) is 12.8 Å². The Bertz CT molecular complexity index is 309. The molecule has 0 radical (unpaired) electrons. The van der Waals surface area contributed by atoms with Crippen LogP contribution in [0.5, 0.6) is 0 Å². The van der Waals surface area contributed by atoms with Crippen LogP contribution in [0.15, 0.2) is 22.8 Å². The molecule has 1 rings (SSSR count). The molecule has 4 heteroatoms. The van der Waals surface area contributed by atoms with Gasteiger partial charge in [0.2, 0.25) is 5.91 Å². The fourth-order valence-electron chi connectivity index (χ4n) is 1.67. The summed E-state index contributed by atoms with van der Waals surface area (Å²) in [6, 6.07) is 3.74. The van der Waals surface area contributed by atoms with Crippen LogP contribution in [0.3, 0.4) is 0 Å². The molecule has 4 nitrogen and oxygen atoms in total. The van der Waals surface area contributed by atoms with E-state index >= 15 is 0 Å². The monoisotopic (exact) mass is 238 g/mol. The number of amides is 1. The zero-order valence-corrected chi connectivity index (χ0v) is 10.5. The van der Waals surface area contributed by atoms with Crippen LogP contribution in [0.4, 0.5) is 0 Å². The lowest BCUT2D eigenvalue weighted by molar-refractivity contribution is -0.130. The Kier molecular flexibility index (Phi) is 6.40. The first-order valence-corrected chi connectivity index (χ1v) is 6.20. The number of nitrogens with zero attached hydrogens (tertiary/aromatic N) is 1. The summed E-state index contributed by atoms with van der Waals surface area (Å²) < 4.78 is 5.19. The first-order valence-electron chi connectivity index (χ1n) is 6.20. The van der Waals surface area contributed by atoms with E-state index in [-0.39, 0.29) is 5.91 Å². The maximum Gasteiger partial charge on any atom is 0.222 e. The van der Waals surface area contributed by atoms with Crippen LogP contribution in [0.25, 0.3) is 0 Å². The van der Waals surface area contributed by atoms with Gasteiger partial charge in [-0.05, 0) is 31.5 Å². The third kappa shape index (κ3) is 5.54. The molecular weight excluding hydrogens is 216 g/mol. The number of hydrogen-bond acceptors (Lipinski definition) is 3. The van der Waals surface area contributed by atoms with E-state index in [1.165, 1.54) is 0 Å². The van der Waals surface area contributed by atoms with Gasteiger partial charge in [-0.25, -0.2) is 0 Å². The van der Waals surface area contributed by atoms with Crippen molar-refractivity contribution in [3.8, 4) is 0 Å². The summed E-state index contributed by atoms with van der Waals surface area (Å²) in [5.41, 5.74) is 5.42. The van der Waals surface area contributed by atoms with Gasteiger partial charge in [-0.15, -0.1) is 0 Å². The lowest BCUT2D eigenvalue weighted by atomic mass is 10.2. The minimum atomic E-state index is 0.175. The molecule has 1 heterocycles. The molecule has 0 aliphatic rings. The summed E-state index contributed by atoms with van der Waals surface area (Å²) in [6.07, 6.45) is 5.98. The molecule has 1 aromatic heterocycles. The van der Waals surface area contributed by atoms with Gasteiger partial charge in [-0.3, -0.25) is 4.79 Å². The smallest absolute Gasteiger partial charge is 0.222 e. The first kappa shape index (κ1) is 13.8. The minimum Gasteiger partial charge on any atom is -0.469 e. The Labute approximate surface area is 103 Å². The third-order valence-corrected chi connectivity index (χ3v) is 2.79. The van der Waals surface area contributed by atoms with E-state index in [1.54, 1.807) is 11.2 Å². The van der Waals surface area contributed by atoms with Gasteiger partial charge in [-0.1, -0.05) is 6.42 Å². The highest BCUT2D eigenvalue weighted by Gasteiger charge is 2.09. The molecular formula is C13H22N2O2. The first-order chi connectivity index (χ1) is 8.24. The van der Waals surface area contributed by atoms with Gasteiger partial charge in [0.15, 0.2) is 0 Å². The fraction of sp³-hybridized carbons (Fsp3) is 0.615. The zero-order chi connectivity index (χ0) is 12.5. The molecule has 0 bridgehead atoms. The highest BCUT2D eigenvalue weighted by molar-refractivity contribution is 5.76. The van der Waals surface area contributed by atoms with Crippen molar-refractivity contribution in [1.29, 1.82) is 0 Å². The van der Waals surface area contributed by atoms with Crippen LogP contribution in [0.1, 0.15) is 31.4 Å². The van der Waals surface area contributed by atoms with Gasteiger partial charge < -0.3 is 15.1 Å². The predicted octanol–water partition coefficient (Wildman–Crippen LogP) is 1.80. The Hall–Kier alpha value is -1.29. The van der Waals surface area contributed by atoms with E-state index in [1.807, 2.05) is 19.2 Å². The molecule has 0 aliphatic carbocycles. The summed E-state index contributed by atoms with van der Waals surface area (Å²) in [5, 5.41) is 0. The van der Waals surface area contributed by atoms with Gasteiger partial charge in [0.05, 0.1) is 6.26 Å². The molecule has 2 N–H and O–H groups in total. The molecule has 0 aromatic carbocycles. The second-order valence-electron chi connectivity index (χ2n) is 4.24. The van der Waals surface area contributed by atoms with Gasteiger partial charge in [0, 0.05) is 26.4 Å². The highest BCUT2D eigenvalue weighted by Crippen LogP contribution is 2.05. The SMILES string of the molecule is CN(CCCCCN)C(=O)CCc1ccco1. The quantitative estimate of drug-likeness (QED) is 0.702. The van der Waals surface area contributed by atoms with E-state index < -0.39 is 0 Å². The van der Waals surface area contributed by atoms with Crippen molar-refractivity contribution >= 4 is 5.91 Å². The fourth-order valence-corrected chi connectivity index (χ4v) is 1.67. The predicted molar refractivity (Wildman–Crippen MR) is 67.6 cm³/mol. The molecule has 0 saturated heterocycles. The van der Waals surface area contributed by atoms with E-state index in [0.717, 1.165) is 38.1 Å². The van der Waals surface area contributed by atoms with E-state index in [2.05, 4.69) is 0 Å². The van der Waals surface area contributed by atoms with Gasteiger partial charge in [0.25, 0.3) is 0 Å². The molecule has 1 aromatic rings. The normalized spacial score (nSPS) is 10.5. The molecule has 0 unspecified atom stereocenters. The van der Waals surface area contributed by atoms with Crippen LogP contribution in [0, 0.1) is 0 Å². The number of rotatable bonds is 8. The largest absolute Gasteiger partial charge is 0.469 e. The van der Waals surface area contributed by atoms with Crippen molar-refractivity contribution in [1.82, 2.24) is 4.90 Å². The second kappa shape index (κ2) is 7.90. The Morgan fingerprint density at radius 3 is 2.88 bits per heavy atom. The van der Waals surface area contributed by atoms with Crippen molar-refractivity contribution in [2.45, 2.75) is 32.1 Å². The van der Waals surface area contributed by atoms with Gasteiger partial charge in [0.1, 0.15) is 5.76 Å². The molecule has 0 fully saturated rings. The minimum absolute atomic E-state index is 0.175. The van der Waals surface area contributed by atoms with E-state index in [9.17, 15) is 4.79 Å². The van der Waals surface area contributed by atoms with Crippen molar-refractivity contribution in [2.75, 3.05) is 20.1 Å². The van der Waals surface area contributed by atoms with Crippen molar-refractivity contribution in [3.63, 3.8) is 0 Å². The number of furan rings is 1. The number of nitrogens with two attached hydrogens (primary N) is 1. The number of unbranched alkanes of at least 4 members (excludes halogenated alkanes) is 2. The number of carbonyl (C=O) groups is 1. The number of aryl methyl sites for hydroxylation is 1. The average molecular weight is 238 g/mol. The average Bonchev–Trinajstić information content (AvgIpc) is 2.84.